The minimum atomic E-state index is 0.493. The Morgan fingerprint density at radius 1 is 1.26 bits per heavy atom. The third kappa shape index (κ3) is 4.27. The summed E-state index contributed by atoms with van der Waals surface area (Å²) in [5.74, 6) is 1.50. The van der Waals surface area contributed by atoms with Crippen LogP contribution in [-0.2, 0) is 0 Å². The number of hydrazone groups is 1. The van der Waals surface area contributed by atoms with Gasteiger partial charge in [-0.15, -0.1) is 0 Å². The highest BCUT2D eigenvalue weighted by Crippen LogP contribution is 2.12. The topological polar surface area (TPSA) is 46.5 Å². The first kappa shape index (κ1) is 12.8. The second-order valence-corrected chi connectivity index (χ2v) is 3.76. The molecule has 0 fully saturated rings. The first-order valence-corrected chi connectivity index (χ1v) is 5.92. The Bertz CT molecular complexity index is 552. The van der Waals surface area contributed by atoms with Gasteiger partial charge in [0.1, 0.15) is 18.2 Å². The maximum atomic E-state index is 5.45. The van der Waals surface area contributed by atoms with Gasteiger partial charge in [-0.1, -0.05) is 30.9 Å². The van der Waals surface area contributed by atoms with E-state index in [4.69, 9.17) is 4.74 Å². The first-order chi connectivity index (χ1) is 9.38. The van der Waals surface area contributed by atoms with Crippen LogP contribution in [0, 0.1) is 0 Å². The lowest BCUT2D eigenvalue weighted by Gasteiger charge is -2.03. The Morgan fingerprint density at radius 3 is 3.00 bits per heavy atom. The molecule has 19 heavy (non-hydrogen) atoms. The summed E-state index contributed by atoms with van der Waals surface area (Å²) in [6, 6.07) is 13.3. The first-order valence-electron chi connectivity index (χ1n) is 5.92. The molecule has 0 spiro atoms. The molecule has 1 aromatic carbocycles. The highest BCUT2D eigenvalue weighted by molar-refractivity contribution is 5.80. The van der Waals surface area contributed by atoms with Gasteiger partial charge in [0.05, 0.1) is 6.21 Å². The van der Waals surface area contributed by atoms with Gasteiger partial charge in [0.25, 0.3) is 0 Å². The second-order valence-electron chi connectivity index (χ2n) is 3.76. The van der Waals surface area contributed by atoms with Gasteiger partial charge in [0.15, 0.2) is 0 Å². The molecule has 2 aromatic rings. The van der Waals surface area contributed by atoms with Crippen LogP contribution < -0.4 is 10.2 Å². The van der Waals surface area contributed by atoms with Crippen molar-refractivity contribution in [1.82, 2.24) is 4.98 Å². The van der Waals surface area contributed by atoms with Crippen molar-refractivity contribution in [2.75, 3.05) is 12.0 Å². The van der Waals surface area contributed by atoms with Crippen LogP contribution >= 0.6 is 0 Å². The van der Waals surface area contributed by atoms with Gasteiger partial charge in [0, 0.05) is 6.20 Å². The number of nitrogens with one attached hydrogen (secondary N) is 1. The van der Waals surface area contributed by atoms with Crippen molar-refractivity contribution in [3.8, 4) is 5.75 Å². The number of aromatic nitrogens is 1. The van der Waals surface area contributed by atoms with E-state index < -0.39 is 0 Å². The molecule has 0 amide bonds. The van der Waals surface area contributed by atoms with Crippen molar-refractivity contribution in [2.24, 2.45) is 5.10 Å². The summed E-state index contributed by atoms with van der Waals surface area (Å²) in [5.41, 5.74) is 3.81. The van der Waals surface area contributed by atoms with Gasteiger partial charge in [-0.05, 0) is 29.8 Å². The van der Waals surface area contributed by atoms with Gasteiger partial charge in [-0.2, -0.15) is 5.10 Å². The van der Waals surface area contributed by atoms with E-state index in [-0.39, 0.29) is 0 Å². The minimum absolute atomic E-state index is 0.493. The molecule has 96 valence electrons. The lowest BCUT2D eigenvalue weighted by atomic mass is 10.2. The molecule has 0 bridgehead atoms. The predicted molar refractivity (Wildman–Crippen MR) is 77.6 cm³/mol. The number of hydrogen-bond acceptors (Lipinski definition) is 4. The van der Waals surface area contributed by atoms with E-state index in [1.54, 1.807) is 18.5 Å². The van der Waals surface area contributed by atoms with Crippen molar-refractivity contribution in [3.63, 3.8) is 0 Å². The Morgan fingerprint density at radius 2 is 2.21 bits per heavy atom. The minimum Gasteiger partial charge on any atom is -0.490 e. The molecule has 0 unspecified atom stereocenters. The molecule has 2 rings (SSSR count). The molecule has 0 aliphatic carbocycles. The van der Waals surface area contributed by atoms with Crippen LogP contribution in [0.5, 0.6) is 5.75 Å². The van der Waals surface area contributed by atoms with Crippen LogP contribution in [0.25, 0.3) is 0 Å². The zero-order valence-corrected chi connectivity index (χ0v) is 10.5. The largest absolute Gasteiger partial charge is 0.490 e. The Balaban J connectivity index is 1.96. The number of nitrogens with zero attached hydrogens (tertiary/aromatic N) is 2. The third-order valence-electron chi connectivity index (χ3n) is 2.28. The van der Waals surface area contributed by atoms with Gasteiger partial charge in [-0.3, -0.25) is 5.43 Å². The smallest absolute Gasteiger partial charge is 0.146 e. The van der Waals surface area contributed by atoms with Crippen LogP contribution in [0.4, 0.5) is 5.82 Å². The van der Waals surface area contributed by atoms with Crippen molar-refractivity contribution < 1.29 is 4.74 Å². The molecule has 0 aliphatic heterocycles. The SMILES string of the molecule is C=CCOc1cccc(/C=N\Nc2ccccn2)c1. The van der Waals surface area contributed by atoms with Crippen molar-refractivity contribution >= 4 is 12.0 Å². The molecule has 1 heterocycles. The maximum Gasteiger partial charge on any atom is 0.146 e. The average molecular weight is 253 g/mol. The standard InChI is InChI=1S/C15H15N3O/c1-2-10-19-14-7-5-6-13(11-14)12-17-18-15-8-3-4-9-16-15/h2-9,11-12H,1,10H2,(H,16,18)/b17-12-. The quantitative estimate of drug-likeness (QED) is 0.489. The molecule has 4 nitrogen and oxygen atoms in total. The Kier molecular flexibility index (Phi) is 4.70. The lowest BCUT2D eigenvalue weighted by Crippen LogP contribution is -1.95. The number of benzene rings is 1. The molecule has 1 aromatic heterocycles. The Hall–Kier alpha value is -2.62. The molecule has 1 N–H and O–H groups in total. The molecule has 4 heteroatoms. The molecule has 0 saturated heterocycles. The molecule has 0 atom stereocenters. The van der Waals surface area contributed by atoms with E-state index in [0.717, 1.165) is 11.3 Å². The van der Waals surface area contributed by atoms with Crippen LogP contribution in [0.15, 0.2) is 66.4 Å². The van der Waals surface area contributed by atoms with Gasteiger partial charge >= 0.3 is 0 Å². The molecular weight excluding hydrogens is 238 g/mol. The van der Waals surface area contributed by atoms with Crippen LogP contribution in [-0.4, -0.2) is 17.8 Å². The van der Waals surface area contributed by atoms with E-state index >= 15 is 0 Å². The number of hydrogen-bond donors (Lipinski definition) is 1. The van der Waals surface area contributed by atoms with E-state index in [2.05, 4.69) is 22.1 Å². The number of pyridine rings is 1. The fourth-order valence-corrected chi connectivity index (χ4v) is 1.44. The van der Waals surface area contributed by atoms with Crippen LogP contribution in [0.2, 0.25) is 0 Å². The van der Waals surface area contributed by atoms with Gasteiger partial charge < -0.3 is 4.74 Å². The highest BCUT2D eigenvalue weighted by Gasteiger charge is 1.94. The highest BCUT2D eigenvalue weighted by atomic mass is 16.5. The summed E-state index contributed by atoms with van der Waals surface area (Å²) in [7, 11) is 0. The summed E-state index contributed by atoms with van der Waals surface area (Å²) in [5, 5.41) is 4.12. The lowest BCUT2D eigenvalue weighted by molar-refractivity contribution is 0.363. The normalized spacial score (nSPS) is 10.3. The third-order valence-corrected chi connectivity index (χ3v) is 2.28. The Labute approximate surface area is 112 Å². The maximum absolute atomic E-state index is 5.45. The summed E-state index contributed by atoms with van der Waals surface area (Å²) >= 11 is 0. The number of anilines is 1. The fraction of sp³-hybridized carbons (Fsp3) is 0.0667. The van der Waals surface area contributed by atoms with Gasteiger partial charge in [0.2, 0.25) is 0 Å². The van der Waals surface area contributed by atoms with Crippen LogP contribution in [0.1, 0.15) is 5.56 Å². The van der Waals surface area contributed by atoms with Crippen molar-refractivity contribution in [1.29, 1.82) is 0 Å². The number of ether oxygens (including phenoxy) is 1. The average Bonchev–Trinajstić information content (AvgIpc) is 2.47. The monoisotopic (exact) mass is 253 g/mol. The fourth-order valence-electron chi connectivity index (χ4n) is 1.44. The van der Waals surface area contributed by atoms with E-state index in [0.29, 0.717) is 12.4 Å². The zero-order valence-electron chi connectivity index (χ0n) is 10.5. The van der Waals surface area contributed by atoms with Crippen molar-refractivity contribution in [3.05, 3.63) is 66.9 Å². The van der Waals surface area contributed by atoms with E-state index in [1.165, 1.54) is 0 Å². The summed E-state index contributed by atoms with van der Waals surface area (Å²) in [6.45, 7) is 4.11. The summed E-state index contributed by atoms with van der Waals surface area (Å²) in [4.78, 5) is 4.11. The summed E-state index contributed by atoms with van der Waals surface area (Å²) in [6.07, 6.45) is 5.14. The van der Waals surface area contributed by atoms with Gasteiger partial charge in [-0.25, -0.2) is 4.98 Å². The molecular formula is C15H15N3O. The predicted octanol–water partition coefficient (Wildman–Crippen LogP) is 3.09. The zero-order chi connectivity index (χ0) is 13.3. The van der Waals surface area contributed by atoms with Crippen molar-refractivity contribution in [2.45, 2.75) is 0 Å². The summed E-state index contributed by atoms with van der Waals surface area (Å²) < 4.78 is 5.45. The number of rotatable bonds is 6. The molecule has 0 radical (unpaired) electrons. The molecule has 0 aliphatic rings. The van der Waals surface area contributed by atoms with E-state index in [1.807, 2.05) is 42.5 Å². The van der Waals surface area contributed by atoms with E-state index in [9.17, 15) is 0 Å². The molecule has 0 saturated carbocycles. The second kappa shape index (κ2) is 6.96. The van der Waals surface area contributed by atoms with Crippen LogP contribution in [0.3, 0.4) is 0 Å².